The number of aromatic nitrogens is 1. The number of unbranched alkanes of at least 4 members (excludes halogenated alkanes) is 3. The van der Waals surface area contributed by atoms with Gasteiger partial charge >= 0.3 is 5.97 Å². The predicted molar refractivity (Wildman–Crippen MR) is 75.3 cm³/mol. The van der Waals surface area contributed by atoms with E-state index in [0.29, 0.717) is 23.0 Å². The molecule has 2 N–H and O–H groups in total. The molecule has 0 atom stereocenters. The van der Waals surface area contributed by atoms with Crippen LogP contribution in [0.1, 0.15) is 45.2 Å². The lowest BCUT2D eigenvalue weighted by molar-refractivity contribution is -0.136. The van der Waals surface area contributed by atoms with Gasteiger partial charge in [0.25, 0.3) is 0 Å². The molecule has 0 amide bonds. The summed E-state index contributed by atoms with van der Waals surface area (Å²) in [6, 6.07) is 0. The number of esters is 1. The van der Waals surface area contributed by atoms with Crippen LogP contribution in [0.2, 0.25) is 0 Å². The number of carbonyl (C=O) groups is 1. The number of thiazole rings is 1. The van der Waals surface area contributed by atoms with Gasteiger partial charge in [-0.25, -0.2) is 9.78 Å². The lowest BCUT2D eigenvalue weighted by Crippen LogP contribution is -2.07. The molecule has 1 aromatic heterocycles. The summed E-state index contributed by atoms with van der Waals surface area (Å²) in [6.07, 6.45) is 6.15. The molecule has 0 aliphatic heterocycles. The fourth-order valence-electron chi connectivity index (χ4n) is 1.55. The molecule has 0 bridgehead atoms. The number of nitrogens with two attached hydrogens (primary N) is 1. The van der Waals surface area contributed by atoms with Crippen LogP contribution in [0.4, 0.5) is 5.13 Å². The van der Waals surface area contributed by atoms with Crippen LogP contribution < -0.4 is 5.73 Å². The van der Waals surface area contributed by atoms with Crippen molar-refractivity contribution in [1.29, 1.82) is 0 Å². The molecule has 0 unspecified atom stereocenters. The van der Waals surface area contributed by atoms with E-state index in [1.807, 2.05) is 6.08 Å². The highest BCUT2D eigenvalue weighted by Gasteiger charge is 2.15. The zero-order valence-corrected chi connectivity index (χ0v) is 11.8. The number of rotatable bonds is 7. The van der Waals surface area contributed by atoms with Crippen molar-refractivity contribution in [2.24, 2.45) is 0 Å². The Labute approximate surface area is 112 Å². The van der Waals surface area contributed by atoms with Crippen LogP contribution in [0.25, 0.3) is 5.57 Å². The largest absolute Gasteiger partial charge is 0.462 e. The molecule has 4 nitrogen and oxygen atoms in total. The van der Waals surface area contributed by atoms with Crippen LogP contribution >= 0.6 is 11.3 Å². The number of hydrogen-bond acceptors (Lipinski definition) is 5. The van der Waals surface area contributed by atoms with Gasteiger partial charge in [0, 0.05) is 5.38 Å². The third kappa shape index (κ3) is 4.49. The topological polar surface area (TPSA) is 65.2 Å². The lowest BCUT2D eigenvalue weighted by atomic mass is 10.1. The maximum Gasteiger partial charge on any atom is 0.340 e. The fraction of sp³-hybridized carbons (Fsp3) is 0.538. The second-order valence-electron chi connectivity index (χ2n) is 3.91. The summed E-state index contributed by atoms with van der Waals surface area (Å²) in [4.78, 5) is 16.0. The lowest BCUT2D eigenvalue weighted by Gasteiger charge is -2.04. The molecule has 0 fully saturated rings. The molecule has 18 heavy (non-hydrogen) atoms. The maximum absolute atomic E-state index is 11.8. The second-order valence-corrected chi connectivity index (χ2v) is 4.79. The van der Waals surface area contributed by atoms with E-state index in [0.717, 1.165) is 25.7 Å². The van der Waals surface area contributed by atoms with Gasteiger partial charge < -0.3 is 10.5 Å². The van der Waals surface area contributed by atoms with E-state index in [1.54, 1.807) is 12.3 Å². The minimum Gasteiger partial charge on any atom is -0.462 e. The van der Waals surface area contributed by atoms with E-state index in [2.05, 4.69) is 11.9 Å². The summed E-state index contributed by atoms with van der Waals surface area (Å²) in [7, 11) is 0. The molecule has 0 aliphatic rings. The Morgan fingerprint density at radius 3 is 2.83 bits per heavy atom. The smallest absolute Gasteiger partial charge is 0.340 e. The van der Waals surface area contributed by atoms with E-state index >= 15 is 0 Å². The molecule has 0 aromatic carbocycles. The summed E-state index contributed by atoms with van der Waals surface area (Å²) in [5.41, 5.74) is 6.74. The summed E-state index contributed by atoms with van der Waals surface area (Å²) in [6.45, 7) is 4.31. The average Bonchev–Trinajstić information content (AvgIpc) is 2.76. The van der Waals surface area contributed by atoms with Crippen LogP contribution in [0.3, 0.4) is 0 Å². The van der Waals surface area contributed by atoms with Gasteiger partial charge in [-0.1, -0.05) is 25.8 Å². The van der Waals surface area contributed by atoms with Crippen LogP contribution in [0, 0.1) is 0 Å². The Kier molecular flexibility index (Phi) is 6.43. The summed E-state index contributed by atoms with van der Waals surface area (Å²) < 4.78 is 5.04. The Bertz CT molecular complexity index is 413. The van der Waals surface area contributed by atoms with Crippen molar-refractivity contribution in [3.05, 3.63) is 17.2 Å². The van der Waals surface area contributed by atoms with Crippen molar-refractivity contribution in [1.82, 2.24) is 4.98 Å². The van der Waals surface area contributed by atoms with E-state index in [9.17, 15) is 4.79 Å². The Morgan fingerprint density at radius 1 is 1.50 bits per heavy atom. The van der Waals surface area contributed by atoms with Gasteiger partial charge in [-0.2, -0.15) is 0 Å². The van der Waals surface area contributed by atoms with Crippen molar-refractivity contribution in [2.75, 3.05) is 12.3 Å². The van der Waals surface area contributed by atoms with Gasteiger partial charge in [0.15, 0.2) is 5.13 Å². The molecule has 0 saturated carbocycles. The first kappa shape index (κ1) is 14.7. The first-order chi connectivity index (χ1) is 8.69. The van der Waals surface area contributed by atoms with Gasteiger partial charge in [0.1, 0.15) is 0 Å². The molecular formula is C13H20N2O2S. The SMILES string of the molecule is CCCCC/C=C(/C(=O)OCC)c1csc(N)n1. The number of carbonyl (C=O) groups excluding carboxylic acids is 1. The third-order valence-electron chi connectivity index (χ3n) is 2.45. The molecule has 0 aliphatic carbocycles. The number of nitrogens with zero attached hydrogens (tertiary/aromatic N) is 1. The van der Waals surface area contributed by atoms with Crippen LogP contribution in [0.15, 0.2) is 11.5 Å². The zero-order valence-electron chi connectivity index (χ0n) is 10.9. The van der Waals surface area contributed by atoms with Crippen molar-refractivity contribution < 1.29 is 9.53 Å². The molecule has 1 rings (SSSR count). The fourth-order valence-corrected chi connectivity index (χ4v) is 2.12. The number of anilines is 1. The number of ether oxygens (including phenoxy) is 1. The average molecular weight is 268 g/mol. The highest BCUT2D eigenvalue weighted by molar-refractivity contribution is 7.13. The molecule has 5 heteroatoms. The minimum absolute atomic E-state index is 0.320. The predicted octanol–water partition coefficient (Wildman–Crippen LogP) is 3.25. The maximum atomic E-state index is 11.8. The van der Waals surface area contributed by atoms with Crippen LogP contribution in [0.5, 0.6) is 0 Å². The standard InChI is InChI=1S/C13H20N2O2S/c1-3-5-6-7-8-10(12(16)17-4-2)11-9-18-13(14)15-11/h8-9H,3-7H2,1-2H3,(H2,14,15)/b10-8+. The minimum atomic E-state index is -0.320. The van der Waals surface area contributed by atoms with Gasteiger partial charge in [0.05, 0.1) is 17.9 Å². The molecule has 1 aromatic rings. The number of allylic oxidation sites excluding steroid dienone is 1. The van der Waals surface area contributed by atoms with Crippen molar-refractivity contribution >= 4 is 28.0 Å². The number of nitrogen functional groups attached to an aromatic ring is 1. The van der Waals surface area contributed by atoms with E-state index in [4.69, 9.17) is 10.5 Å². The van der Waals surface area contributed by atoms with Gasteiger partial charge in [0.2, 0.25) is 0 Å². The molecule has 0 saturated heterocycles. The Hall–Kier alpha value is -1.36. The first-order valence-electron chi connectivity index (χ1n) is 6.27. The quantitative estimate of drug-likeness (QED) is 0.468. The molecule has 0 spiro atoms. The van der Waals surface area contributed by atoms with E-state index < -0.39 is 0 Å². The van der Waals surface area contributed by atoms with Crippen molar-refractivity contribution in [3.8, 4) is 0 Å². The summed E-state index contributed by atoms with van der Waals surface area (Å²) >= 11 is 1.33. The van der Waals surface area contributed by atoms with Gasteiger partial charge in [-0.05, 0) is 19.8 Å². The summed E-state index contributed by atoms with van der Waals surface area (Å²) in [5, 5.41) is 2.26. The van der Waals surface area contributed by atoms with Crippen LogP contribution in [-0.4, -0.2) is 17.6 Å². The highest BCUT2D eigenvalue weighted by atomic mass is 32.1. The molecular weight excluding hydrogens is 248 g/mol. The number of hydrogen-bond donors (Lipinski definition) is 1. The normalized spacial score (nSPS) is 11.6. The molecule has 1 heterocycles. The first-order valence-corrected chi connectivity index (χ1v) is 7.15. The second kappa shape index (κ2) is 7.87. The van der Waals surface area contributed by atoms with Crippen molar-refractivity contribution in [2.45, 2.75) is 39.5 Å². The highest BCUT2D eigenvalue weighted by Crippen LogP contribution is 2.21. The van der Waals surface area contributed by atoms with Crippen LogP contribution in [-0.2, 0) is 9.53 Å². The van der Waals surface area contributed by atoms with E-state index in [1.165, 1.54) is 11.3 Å². The van der Waals surface area contributed by atoms with E-state index in [-0.39, 0.29) is 5.97 Å². The molecule has 100 valence electrons. The summed E-state index contributed by atoms with van der Waals surface area (Å²) in [5.74, 6) is -0.320. The van der Waals surface area contributed by atoms with Gasteiger partial charge in [-0.3, -0.25) is 0 Å². The zero-order chi connectivity index (χ0) is 13.4. The Balaban J connectivity index is 2.78. The monoisotopic (exact) mass is 268 g/mol. The third-order valence-corrected chi connectivity index (χ3v) is 3.12. The van der Waals surface area contributed by atoms with Crippen molar-refractivity contribution in [3.63, 3.8) is 0 Å². The Morgan fingerprint density at radius 2 is 2.28 bits per heavy atom. The molecule has 0 radical (unpaired) electrons. The van der Waals surface area contributed by atoms with Gasteiger partial charge in [-0.15, -0.1) is 11.3 Å².